The molecule has 3 aromatic rings. The van der Waals surface area contributed by atoms with Gasteiger partial charge in [0.2, 0.25) is 5.88 Å². The highest BCUT2D eigenvalue weighted by atomic mass is 19.4. The summed E-state index contributed by atoms with van der Waals surface area (Å²) in [5, 5.41) is 0. The van der Waals surface area contributed by atoms with Crippen molar-refractivity contribution in [1.29, 1.82) is 0 Å². The van der Waals surface area contributed by atoms with Gasteiger partial charge in [0.1, 0.15) is 12.4 Å². The average molecular weight is 387 g/mol. The van der Waals surface area contributed by atoms with Gasteiger partial charge in [-0.3, -0.25) is 4.79 Å². The van der Waals surface area contributed by atoms with Crippen LogP contribution in [0.25, 0.3) is 11.1 Å². The molecule has 2 aromatic carbocycles. The van der Waals surface area contributed by atoms with Crippen molar-refractivity contribution in [3.8, 4) is 22.8 Å². The smallest absolute Gasteiger partial charge is 0.422 e. The number of alkyl halides is 3. The number of ether oxygens (including phenoxy) is 2. The second-order valence-electron chi connectivity index (χ2n) is 5.93. The van der Waals surface area contributed by atoms with Gasteiger partial charge in [-0.1, -0.05) is 36.4 Å². The molecule has 0 fully saturated rings. The molecule has 0 saturated heterocycles. The Morgan fingerprint density at radius 2 is 1.68 bits per heavy atom. The summed E-state index contributed by atoms with van der Waals surface area (Å²) < 4.78 is 47.6. The van der Waals surface area contributed by atoms with Gasteiger partial charge in [-0.25, -0.2) is 4.98 Å². The molecular weight excluding hydrogens is 371 g/mol. The van der Waals surface area contributed by atoms with E-state index in [1.165, 1.54) is 12.1 Å². The van der Waals surface area contributed by atoms with Crippen LogP contribution in [0.3, 0.4) is 0 Å². The second-order valence-corrected chi connectivity index (χ2v) is 5.93. The molecule has 0 N–H and O–H groups in total. The molecule has 0 aliphatic rings. The lowest BCUT2D eigenvalue weighted by atomic mass is 10.1. The normalized spacial score (nSPS) is 11.1. The van der Waals surface area contributed by atoms with Gasteiger partial charge in [0.15, 0.2) is 12.9 Å². The Balaban J connectivity index is 1.73. The minimum absolute atomic E-state index is 0.0452. The number of aldehydes is 1. The number of carbonyl (C=O) groups excluding carboxylic acids is 1. The Morgan fingerprint density at radius 1 is 0.929 bits per heavy atom. The minimum Gasteiger partial charge on any atom is -0.483 e. The number of carbonyl (C=O) groups is 1. The molecule has 0 saturated carbocycles. The van der Waals surface area contributed by atoms with Crippen molar-refractivity contribution < 1.29 is 27.4 Å². The first kappa shape index (κ1) is 19.4. The van der Waals surface area contributed by atoms with Crippen LogP contribution in [0.15, 0.2) is 66.9 Å². The maximum atomic E-state index is 12.4. The molecule has 0 atom stereocenters. The fourth-order valence-corrected chi connectivity index (χ4v) is 2.46. The van der Waals surface area contributed by atoms with Crippen LogP contribution in [0.5, 0.6) is 11.6 Å². The number of halogens is 3. The third-order valence-corrected chi connectivity index (χ3v) is 3.83. The highest BCUT2D eigenvalue weighted by Gasteiger charge is 2.28. The number of pyridine rings is 1. The van der Waals surface area contributed by atoms with E-state index in [1.807, 2.05) is 30.3 Å². The van der Waals surface area contributed by atoms with E-state index in [0.29, 0.717) is 29.9 Å². The first-order valence-corrected chi connectivity index (χ1v) is 8.36. The zero-order valence-electron chi connectivity index (χ0n) is 14.6. The summed E-state index contributed by atoms with van der Waals surface area (Å²) >= 11 is 0. The Kier molecular flexibility index (Phi) is 5.93. The van der Waals surface area contributed by atoms with Gasteiger partial charge in [-0.2, -0.15) is 13.2 Å². The molecule has 0 radical (unpaired) electrons. The number of hydrogen-bond acceptors (Lipinski definition) is 4. The van der Waals surface area contributed by atoms with Crippen molar-refractivity contribution in [2.45, 2.75) is 12.8 Å². The highest BCUT2D eigenvalue weighted by Crippen LogP contribution is 2.28. The Bertz CT molecular complexity index is 926. The molecule has 144 valence electrons. The summed E-state index contributed by atoms with van der Waals surface area (Å²) in [4.78, 5) is 15.3. The summed E-state index contributed by atoms with van der Waals surface area (Å²) in [5.74, 6) is 0.292. The van der Waals surface area contributed by atoms with Gasteiger partial charge >= 0.3 is 6.18 Å². The minimum atomic E-state index is -4.49. The fraction of sp³-hybridized carbons (Fsp3) is 0.143. The van der Waals surface area contributed by atoms with Crippen molar-refractivity contribution in [3.63, 3.8) is 0 Å². The predicted octanol–water partition coefficient (Wildman–Crippen LogP) is 5.08. The van der Waals surface area contributed by atoms with Crippen LogP contribution in [0.1, 0.15) is 15.9 Å². The number of rotatable bonds is 7. The maximum absolute atomic E-state index is 12.4. The highest BCUT2D eigenvalue weighted by molar-refractivity contribution is 5.81. The third-order valence-electron chi connectivity index (χ3n) is 3.83. The van der Waals surface area contributed by atoms with Gasteiger partial charge in [-0.05, 0) is 29.3 Å². The quantitative estimate of drug-likeness (QED) is 0.531. The van der Waals surface area contributed by atoms with Gasteiger partial charge in [0.25, 0.3) is 0 Å². The molecule has 7 heteroatoms. The first-order chi connectivity index (χ1) is 13.4. The fourth-order valence-electron chi connectivity index (χ4n) is 2.46. The van der Waals surface area contributed by atoms with E-state index in [2.05, 4.69) is 4.98 Å². The van der Waals surface area contributed by atoms with Gasteiger partial charge < -0.3 is 9.47 Å². The number of aromatic nitrogens is 1. The molecule has 1 heterocycles. The summed E-state index contributed by atoms with van der Waals surface area (Å²) in [5.41, 5.74) is 2.28. The summed E-state index contributed by atoms with van der Waals surface area (Å²) in [7, 11) is 0. The lowest BCUT2D eigenvalue weighted by Crippen LogP contribution is -2.19. The van der Waals surface area contributed by atoms with E-state index in [9.17, 15) is 18.0 Å². The molecule has 3 rings (SSSR count). The summed E-state index contributed by atoms with van der Waals surface area (Å²) in [6, 6.07) is 17.4. The molecule has 0 bridgehead atoms. The lowest BCUT2D eigenvalue weighted by Gasteiger charge is -2.12. The Morgan fingerprint density at radius 3 is 2.32 bits per heavy atom. The molecule has 0 aliphatic carbocycles. The van der Waals surface area contributed by atoms with E-state index in [1.54, 1.807) is 24.4 Å². The van der Waals surface area contributed by atoms with Gasteiger partial charge in [0.05, 0.1) is 5.56 Å². The second kappa shape index (κ2) is 8.56. The molecule has 1 aromatic heterocycles. The molecular formula is C21H16F3NO3. The average Bonchev–Trinajstić information content (AvgIpc) is 2.71. The van der Waals surface area contributed by atoms with Crippen molar-refractivity contribution in [2.75, 3.05) is 6.61 Å². The largest absolute Gasteiger partial charge is 0.483 e. The lowest BCUT2D eigenvalue weighted by molar-refractivity contribution is -0.153. The van der Waals surface area contributed by atoms with E-state index < -0.39 is 12.8 Å². The molecule has 0 unspecified atom stereocenters. The summed E-state index contributed by atoms with van der Waals surface area (Å²) in [6.45, 7) is -1.10. The number of nitrogens with zero attached hydrogens (tertiary/aromatic N) is 1. The van der Waals surface area contributed by atoms with Gasteiger partial charge in [0, 0.05) is 17.8 Å². The first-order valence-electron chi connectivity index (χ1n) is 8.36. The maximum Gasteiger partial charge on any atom is 0.422 e. The topological polar surface area (TPSA) is 48.4 Å². The van der Waals surface area contributed by atoms with E-state index in [0.717, 1.165) is 5.56 Å². The van der Waals surface area contributed by atoms with Crippen LogP contribution in [0, 0.1) is 0 Å². The summed E-state index contributed by atoms with van der Waals surface area (Å²) in [6.07, 6.45) is -2.49. The monoisotopic (exact) mass is 387 g/mol. The van der Waals surface area contributed by atoms with E-state index >= 15 is 0 Å². The van der Waals surface area contributed by atoms with E-state index in [-0.39, 0.29) is 11.3 Å². The van der Waals surface area contributed by atoms with Gasteiger partial charge in [-0.15, -0.1) is 0 Å². The molecule has 0 spiro atoms. The van der Waals surface area contributed by atoms with Crippen LogP contribution < -0.4 is 9.47 Å². The standard InChI is InChI=1S/C21H16F3NO3/c22-21(23,24)14-28-19-10-16(6-7-18(19)12-26)17-8-9-20(25-11-17)27-13-15-4-2-1-3-5-15/h1-12H,13-14H2. The zero-order chi connectivity index (χ0) is 20.0. The molecule has 28 heavy (non-hydrogen) atoms. The Labute approximate surface area is 159 Å². The van der Waals surface area contributed by atoms with Crippen LogP contribution in [0.2, 0.25) is 0 Å². The van der Waals surface area contributed by atoms with Crippen LogP contribution in [-0.4, -0.2) is 24.1 Å². The van der Waals surface area contributed by atoms with Crippen LogP contribution >= 0.6 is 0 Å². The molecule has 4 nitrogen and oxygen atoms in total. The van der Waals surface area contributed by atoms with E-state index in [4.69, 9.17) is 9.47 Å². The van der Waals surface area contributed by atoms with Crippen molar-refractivity contribution in [1.82, 2.24) is 4.98 Å². The van der Waals surface area contributed by atoms with Crippen molar-refractivity contribution >= 4 is 6.29 Å². The van der Waals surface area contributed by atoms with Crippen LogP contribution in [0.4, 0.5) is 13.2 Å². The van der Waals surface area contributed by atoms with Crippen LogP contribution in [-0.2, 0) is 6.61 Å². The molecule has 0 aliphatic heterocycles. The third kappa shape index (κ3) is 5.33. The molecule has 0 amide bonds. The van der Waals surface area contributed by atoms with Crippen molar-refractivity contribution in [3.05, 3.63) is 78.0 Å². The predicted molar refractivity (Wildman–Crippen MR) is 97.4 cm³/mol. The Hall–Kier alpha value is -3.35. The number of benzene rings is 2. The zero-order valence-corrected chi connectivity index (χ0v) is 14.6. The number of hydrogen-bond donors (Lipinski definition) is 0. The van der Waals surface area contributed by atoms with Crippen molar-refractivity contribution in [2.24, 2.45) is 0 Å². The SMILES string of the molecule is O=Cc1ccc(-c2ccc(OCc3ccccc3)nc2)cc1OCC(F)(F)F.